The third-order valence-corrected chi connectivity index (χ3v) is 3.39. The Kier molecular flexibility index (Phi) is 3.42. The largest absolute Gasteiger partial charge is 0.494 e. The van der Waals surface area contributed by atoms with E-state index in [-0.39, 0.29) is 23.9 Å². The first-order chi connectivity index (χ1) is 10.6. The van der Waals surface area contributed by atoms with Crippen LogP contribution >= 0.6 is 0 Å². The number of hydrogen-bond donors (Lipinski definition) is 2. The van der Waals surface area contributed by atoms with E-state index in [0.717, 1.165) is 4.57 Å². The number of aromatic nitrogens is 1. The van der Waals surface area contributed by atoms with E-state index in [1.807, 2.05) is 0 Å². The van der Waals surface area contributed by atoms with E-state index in [9.17, 15) is 14.7 Å². The maximum atomic E-state index is 12.4. The molecule has 0 saturated carbocycles. The van der Waals surface area contributed by atoms with Crippen LogP contribution in [0, 0.1) is 0 Å². The van der Waals surface area contributed by atoms with Gasteiger partial charge in [-0.15, -0.1) is 0 Å². The molecule has 2 N–H and O–H groups in total. The van der Waals surface area contributed by atoms with Crippen molar-refractivity contribution in [2.75, 3.05) is 0 Å². The number of nitrogens with zero attached hydrogens (tertiary/aromatic N) is 1. The van der Waals surface area contributed by atoms with Crippen molar-refractivity contribution >= 4 is 22.7 Å². The van der Waals surface area contributed by atoms with E-state index in [1.54, 1.807) is 36.4 Å². The topological polar surface area (TPSA) is 84.5 Å². The van der Waals surface area contributed by atoms with Gasteiger partial charge in [-0.05, 0) is 18.2 Å². The van der Waals surface area contributed by atoms with E-state index < -0.39 is 5.91 Å². The Morgan fingerprint density at radius 2 is 2.00 bits per heavy atom. The summed E-state index contributed by atoms with van der Waals surface area (Å²) in [6.07, 6.45) is 1.51. The van der Waals surface area contributed by atoms with E-state index in [4.69, 9.17) is 4.42 Å². The number of carbonyl (C=O) groups excluding carboxylic acids is 2. The Morgan fingerprint density at radius 3 is 2.68 bits per heavy atom. The Morgan fingerprint density at radius 1 is 1.23 bits per heavy atom. The fourth-order valence-corrected chi connectivity index (χ4v) is 2.44. The van der Waals surface area contributed by atoms with Crippen LogP contribution in [0.5, 0.6) is 5.88 Å². The molecule has 1 amide bonds. The molecule has 0 saturated heterocycles. The molecule has 0 fully saturated rings. The van der Waals surface area contributed by atoms with Gasteiger partial charge in [0.1, 0.15) is 11.3 Å². The lowest BCUT2D eigenvalue weighted by atomic mass is 10.1. The van der Waals surface area contributed by atoms with Gasteiger partial charge < -0.3 is 14.8 Å². The van der Waals surface area contributed by atoms with E-state index in [0.29, 0.717) is 16.7 Å². The Labute approximate surface area is 126 Å². The number of amides is 1. The summed E-state index contributed by atoms with van der Waals surface area (Å²) < 4.78 is 6.27. The standard InChI is InChI=1S/C16H14N2O4/c1-10(19)18-13-7-3-2-6-12(13)14(16(18)21)15(20)17-9-11-5-4-8-22-11/h2-8,21H,9H2,1H3,(H,17,20). The SMILES string of the molecule is CC(=O)n1c(O)c(C(=O)NCc2ccco2)c2ccccc21. The number of para-hydroxylation sites is 1. The molecule has 6 heteroatoms. The zero-order valence-corrected chi connectivity index (χ0v) is 11.9. The molecule has 3 rings (SSSR count). The highest BCUT2D eigenvalue weighted by Crippen LogP contribution is 2.31. The molecule has 0 unspecified atom stereocenters. The second kappa shape index (κ2) is 5.40. The molecule has 6 nitrogen and oxygen atoms in total. The van der Waals surface area contributed by atoms with Crippen LogP contribution in [0.4, 0.5) is 0 Å². The lowest BCUT2D eigenvalue weighted by molar-refractivity contribution is 0.0930. The van der Waals surface area contributed by atoms with Gasteiger partial charge in [-0.3, -0.25) is 9.59 Å². The summed E-state index contributed by atoms with van der Waals surface area (Å²) in [4.78, 5) is 24.1. The summed E-state index contributed by atoms with van der Waals surface area (Å²) >= 11 is 0. The summed E-state index contributed by atoms with van der Waals surface area (Å²) in [5.74, 6) is -0.585. The summed E-state index contributed by atoms with van der Waals surface area (Å²) in [7, 11) is 0. The minimum Gasteiger partial charge on any atom is -0.494 e. The van der Waals surface area contributed by atoms with Gasteiger partial charge in [0.25, 0.3) is 5.91 Å². The number of aromatic hydroxyl groups is 1. The molecule has 1 aromatic carbocycles. The number of rotatable bonds is 3. The van der Waals surface area contributed by atoms with Crippen molar-refractivity contribution in [3.63, 3.8) is 0 Å². The number of fused-ring (bicyclic) bond motifs is 1. The van der Waals surface area contributed by atoms with Crippen molar-refractivity contribution in [1.29, 1.82) is 0 Å². The number of furan rings is 1. The highest BCUT2D eigenvalue weighted by Gasteiger charge is 2.23. The number of hydrogen-bond acceptors (Lipinski definition) is 4. The van der Waals surface area contributed by atoms with Crippen molar-refractivity contribution in [3.05, 3.63) is 54.0 Å². The summed E-state index contributed by atoms with van der Waals surface area (Å²) in [5, 5.41) is 13.5. The number of benzene rings is 1. The normalized spacial score (nSPS) is 10.8. The molecular formula is C16H14N2O4. The summed E-state index contributed by atoms with van der Waals surface area (Å²) in [6, 6.07) is 10.3. The van der Waals surface area contributed by atoms with Gasteiger partial charge in [0.05, 0.1) is 18.3 Å². The van der Waals surface area contributed by atoms with Crippen LogP contribution in [0.2, 0.25) is 0 Å². The molecule has 0 atom stereocenters. The molecule has 0 spiro atoms. The fraction of sp³-hybridized carbons (Fsp3) is 0.125. The van der Waals surface area contributed by atoms with Gasteiger partial charge in [-0.2, -0.15) is 0 Å². The van der Waals surface area contributed by atoms with Crippen LogP contribution in [0.1, 0.15) is 27.8 Å². The van der Waals surface area contributed by atoms with Gasteiger partial charge in [0, 0.05) is 12.3 Å². The van der Waals surface area contributed by atoms with Gasteiger partial charge in [0.2, 0.25) is 11.8 Å². The van der Waals surface area contributed by atoms with Crippen LogP contribution in [0.25, 0.3) is 10.9 Å². The minimum absolute atomic E-state index is 0.0809. The van der Waals surface area contributed by atoms with Crippen LogP contribution < -0.4 is 5.32 Å². The third-order valence-electron chi connectivity index (χ3n) is 3.39. The molecule has 0 aliphatic rings. The predicted molar refractivity (Wildman–Crippen MR) is 79.8 cm³/mol. The van der Waals surface area contributed by atoms with Gasteiger partial charge >= 0.3 is 0 Å². The first kappa shape index (κ1) is 13.9. The molecule has 0 aliphatic heterocycles. The highest BCUT2D eigenvalue weighted by molar-refractivity contribution is 6.12. The van der Waals surface area contributed by atoms with Crippen molar-refractivity contribution in [2.24, 2.45) is 0 Å². The Bertz CT molecular complexity index is 847. The molecule has 0 radical (unpaired) electrons. The zero-order valence-electron chi connectivity index (χ0n) is 11.9. The number of nitrogens with one attached hydrogen (secondary N) is 1. The van der Waals surface area contributed by atoms with E-state index >= 15 is 0 Å². The van der Waals surface area contributed by atoms with Crippen molar-refractivity contribution in [2.45, 2.75) is 13.5 Å². The molecule has 0 bridgehead atoms. The first-order valence-electron chi connectivity index (χ1n) is 6.73. The monoisotopic (exact) mass is 298 g/mol. The van der Waals surface area contributed by atoms with Crippen LogP contribution in [-0.2, 0) is 6.54 Å². The zero-order chi connectivity index (χ0) is 15.7. The summed E-state index contributed by atoms with van der Waals surface area (Å²) in [5.41, 5.74) is 0.577. The summed E-state index contributed by atoms with van der Waals surface area (Å²) in [6.45, 7) is 1.53. The Hall–Kier alpha value is -3.02. The average Bonchev–Trinajstić information content (AvgIpc) is 3.09. The molecular weight excluding hydrogens is 284 g/mol. The van der Waals surface area contributed by atoms with Crippen LogP contribution in [-0.4, -0.2) is 21.5 Å². The average molecular weight is 298 g/mol. The molecule has 22 heavy (non-hydrogen) atoms. The lowest BCUT2D eigenvalue weighted by Gasteiger charge is -2.03. The second-order valence-corrected chi connectivity index (χ2v) is 4.83. The predicted octanol–water partition coefficient (Wildman–Crippen LogP) is 2.53. The van der Waals surface area contributed by atoms with Crippen LogP contribution in [0.15, 0.2) is 47.1 Å². The molecule has 0 aliphatic carbocycles. The second-order valence-electron chi connectivity index (χ2n) is 4.83. The Balaban J connectivity index is 2.01. The van der Waals surface area contributed by atoms with Gasteiger partial charge in [0.15, 0.2) is 0 Å². The third kappa shape index (κ3) is 2.24. The maximum Gasteiger partial charge on any atom is 0.257 e. The quantitative estimate of drug-likeness (QED) is 0.778. The molecule has 112 valence electrons. The highest BCUT2D eigenvalue weighted by atomic mass is 16.3. The van der Waals surface area contributed by atoms with Crippen molar-refractivity contribution in [1.82, 2.24) is 9.88 Å². The van der Waals surface area contributed by atoms with Crippen LogP contribution in [0.3, 0.4) is 0 Å². The lowest BCUT2D eigenvalue weighted by Crippen LogP contribution is -2.22. The molecule has 3 aromatic rings. The first-order valence-corrected chi connectivity index (χ1v) is 6.73. The van der Waals surface area contributed by atoms with Gasteiger partial charge in [-0.1, -0.05) is 18.2 Å². The smallest absolute Gasteiger partial charge is 0.257 e. The number of carbonyl (C=O) groups is 2. The van der Waals surface area contributed by atoms with Crippen molar-refractivity contribution in [3.8, 4) is 5.88 Å². The van der Waals surface area contributed by atoms with E-state index in [2.05, 4.69) is 5.32 Å². The van der Waals surface area contributed by atoms with E-state index in [1.165, 1.54) is 13.2 Å². The van der Waals surface area contributed by atoms with Crippen molar-refractivity contribution < 1.29 is 19.1 Å². The molecule has 2 heterocycles. The molecule has 2 aromatic heterocycles. The fourth-order valence-electron chi connectivity index (χ4n) is 2.44. The minimum atomic E-state index is -0.467. The van der Waals surface area contributed by atoms with Gasteiger partial charge in [-0.25, -0.2) is 4.57 Å². The maximum absolute atomic E-state index is 12.4.